The van der Waals surface area contributed by atoms with Crippen LogP contribution in [0, 0.1) is 0 Å². The van der Waals surface area contributed by atoms with Gasteiger partial charge >= 0.3 is 0 Å². The van der Waals surface area contributed by atoms with Gasteiger partial charge in [0.05, 0.1) is 0 Å². The number of nitrogens with zero attached hydrogens (tertiary/aromatic N) is 4. The van der Waals surface area contributed by atoms with Gasteiger partial charge in [0.25, 0.3) is 0 Å². The molecule has 2 rings (SSSR count). The zero-order valence-electron chi connectivity index (χ0n) is 5.90. The maximum Gasteiger partial charge on any atom is 0.226 e. The predicted octanol–water partition coefficient (Wildman–Crippen LogP) is -0.224. The van der Waals surface area contributed by atoms with Gasteiger partial charge < -0.3 is 11.6 Å². The second kappa shape index (κ2) is 2.21. The van der Waals surface area contributed by atoms with E-state index >= 15 is 0 Å². The Balaban J connectivity index is 2.92. The summed E-state index contributed by atoms with van der Waals surface area (Å²) >= 11 is 5.55. The molecule has 0 fully saturated rings. The summed E-state index contributed by atoms with van der Waals surface area (Å²) < 4.78 is 1.24. The maximum atomic E-state index is 5.55. The molecule has 2 aromatic rings. The molecule has 0 unspecified atom stereocenters. The molecule has 0 amide bonds. The second-order valence-electron chi connectivity index (χ2n) is 2.20. The van der Waals surface area contributed by atoms with E-state index in [0.717, 1.165) is 0 Å². The fourth-order valence-electron chi connectivity index (χ4n) is 0.911. The molecule has 0 spiro atoms. The van der Waals surface area contributed by atoms with Crippen LogP contribution in [0.25, 0.3) is 11.2 Å². The Labute approximate surface area is 72.1 Å². The number of aromatic nitrogens is 4. The van der Waals surface area contributed by atoms with Crippen molar-refractivity contribution in [3.63, 3.8) is 0 Å². The third-order valence-corrected chi connectivity index (χ3v) is 1.59. The first-order valence-corrected chi connectivity index (χ1v) is 3.47. The van der Waals surface area contributed by atoms with Gasteiger partial charge in [-0.2, -0.15) is 9.97 Å². The lowest BCUT2D eigenvalue weighted by Crippen LogP contribution is -2.07. The van der Waals surface area contributed by atoms with Crippen molar-refractivity contribution in [1.29, 1.82) is 0 Å². The van der Waals surface area contributed by atoms with Gasteiger partial charge in [-0.15, -0.1) is 0 Å². The van der Waals surface area contributed by atoms with Crippen molar-refractivity contribution in [3.8, 4) is 0 Å². The van der Waals surface area contributed by atoms with Crippen LogP contribution >= 0.6 is 11.6 Å². The minimum Gasteiger partial charge on any atom is -0.382 e. The van der Waals surface area contributed by atoms with Crippen LogP contribution in [-0.2, 0) is 0 Å². The van der Waals surface area contributed by atoms with Crippen molar-refractivity contribution in [2.75, 3.05) is 11.6 Å². The number of fused-ring (bicyclic) bond motifs is 1. The first-order chi connectivity index (χ1) is 5.68. The van der Waals surface area contributed by atoms with Crippen molar-refractivity contribution >= 4 is 28.6 Å². The van der Waals surface area contributed by atoms with Crippen LogP contribution < -0.4 is 11.6 Å². The number of rotatable bonds is 0. The molecular weight excluding hydrogens is 180 g/mol. The Morgan fingerprint density at radius 1 is 1.42 bits per heavy atom. The number of hydrogen-bond acceptors (Lipinski definition) is 5. The number of halogens is 1. The predicted molar refractivity (Wildman–Crippen MR) is 44.9 cm³/mol. The van der Waals surface area contributed by atoms with Crippen molar-refractivity contribution in [2.45, 2.75) is 0 Å². The van der Waals surface area contributed by atoms with Crippen LogP contribution in [0.2, 0.25) is 5.28 Å². The van der Waals surface area contributed by atoms with Gasteiger partial charge in [0.15, 0.2) is 17.0 Å². The highest BCUT2D eigenvalue weighted by atomic mass is 35.5. The number of hydrogen-bond donors (Lipinski definition) is 2. The number of nitrogens with two attached hydrogens (primary N) is 2. The highest BCUT2D eigenvalue weighted by molar-refractivity contribution is 6.28. The fraction of sp³-hybridized carbons (Fsp3) is 0. The molecule has 7 heteroatoms. The molecule has 0 saturated heterocycles. The lowest BCUT2D eigenvalue weighted by molar-refractivity contribution is 1.01. The molecular formula is C5H5ClN6. The van der Waals surface area contributed by atoms with E-state index in [1.54, 1.807) is 0 Å². The molecule has 0 aliphatic heterocycles. The normalized spacial score (nSPS) is 10.8. The van der Waals surface area contributed by atoms with E-state index in [4.69, 9.17) is 23.2 Å². The monoisotopic (exact) mass is 184 g/mol. The van der Waals surface area contributed by atoms with Gasteiger partial charge in [-0.25, -0.2) is 9.66 Å². The first kappa shape index (κ1) is 7.11. The lowest BCUT2D eigenvalue weighted by Gasteiger charge is -1.95. The van der Waals surface area contributed by atoms with E-state index < -0.39 is 0 Å². The van der Waals surface area contributed by atoms with Gasteiger partial charge in [-0.05, 0) is 11.6 Å². The van der Waals surface area contributed by atoms with Crippen molar-refractivity contribution in [1.82, 2.24) is 19.6 Å². The van der Waals surface area contributed by atoms with Gasteiger partial charge in [-0.1, -0.05) is 0 Å². The smallest absolute Gasteiger partial charge is 0.226 e. The number of nitrogen functional groups attached to an aromatic ring is 2. The van der Waals surface area contributed by atoms with E-state index in [1.807, 2.05) is 0 Å². The van der Waals surface area contributed by atoms with Crippen molar-refractivity contribution in [3.05, 3.63) is 11.6 Å². The summed E-state index contributed by atoms with van der Waals surface area (Å²) in [5, 5.41) is 0.0622. The summed E-state index contributed by atoms with van der Waals surface area (Å²) in [6, 6.07) is 0. The van der Waals surface area contributed by atoms with E-state index in [1.165, 1.54) is 11.0 Å². The van der Waals surface area contributed by atoms with Gasteiger partial charge in [0, 0.05) is 0 Å². The van der Waals surface area contributed by atoms with E-state index in [2.05, 4.69) is 15.0 Å². The van der Waals surface area contributed by atoms with Crippen LogP contribution in [0.15, 0.2) is 6.33 Å². The third kappa shape index (κ3) is 0.850. The van der Waals surface area contributed by atoms with E-state index in [9.17, 15) is 0 Å². The van der Waals surface area contributed by atoms with Gasteiger partial charge in [-0.3, -0.25) is 0 Å². The molecule has 0 aromatic carbocycles. The quantitative estimate of drug-likeness (QED) is 0.436. The first-order valence-electron chi connectivity index (χ1n) is 3.09. The Bertz CT molecular complexity index is 435. The van der Waals surface area contributed by atoms with Crippen LogP contribution in [0.1, 0.15) is 0 Å². The van der Waals surface area contributed by atoms with Gasteiger partial charge in [0.2, 0.25) is 5.28 Å². The van der Waals surface area contributed by atoms with Crippen molar-refractivity contribution < 1.29 is 0 Å². The largest absolute Gasteiger partial charge is 0.382 e. The highest BCUT2D eigenvalue weighted by Crippen LogP contribution is 2.15. The molecule has 0 bridgehead atoms. The third-order valence-electron chi connectivity index (χ3n) is 1.42. The Hall–Kier alpha value is -1.56. The Morgan fingerprint density at radius 2 is 2.17 bits per heavy atom. The van der Waals surface area contributed by atoms with Crippen LogP contribution in [0.5, 0.6) is 0 Å². The summed E-state index contributed by atoms with van der Waals surface area (Å²) in [6.45, 7) is 0. The molecule has 2 heterocycles. The molecule has 2 aromatic heterocycles. The summed E-state index contributed by atoms with van der Waals surface area (Å²) in [4.78, 5) is 11.4. The number of anilines is 1. The second-order valence-corrected chi connectivity index (χ2v) is 2.54. The average molecular weight is 185 g/mol. The van der Waals surface area contributed by atoms with Crippen LogP contribution in [0.4, 0.5) is 5.82 Å². The molecule has 0 aliphatic rings. The SMILES string of the molecule is Nc1nc(Cl)nc2c1ncn2N. The molecule has 62 valence electrons. The molecule has 0 radical (unpaired) electrons. The van der Waals surface area contributed by atoms with Crippen LogP contribution in [0.3, 0.4) is 0 Å². The van der Waals surface area contributed by atoms with Gasteiger partial charge in [0.1, 0.15) is 6.33 Å². The summed E-state index contributed by atoms with van der Waals surface area (Å²) in [5.74, 6) is 5.69. The summed E-state index contributed by atoms with van der Waals surface area (Å²) in [6.07, 6.45) is 1.39. The molecule has 4 N–H and O–H groups in total. The topological polar surface area (TPSA) is 95.6 Å². The molecule has 0 atom stereocenters. The van der Waals surface area contributed by atoms with E-state index in [-0.39, 0.29) is 11.1 Å². The van der Waals surface area contributed by atoms with E-state index in [0.29, 0.717) is 11.2 Å². The molecule has 0 aliphatic carbocycles. The zero-order chi connectivity index (χ0) is 8.72. The minimum absolute atomic E-state index is 0.0622. The average Bonchev–Trinajstić information content (AvgIpc) is 2.33. The Kier molecular flexibility index (Phi) is 1.31. The maximum absolute atomic E-state index is 5.55. The Morgan fingerprint density at radius 3 is 2.92 bits per heavy atom. The van der Waals surface area contributed by atoms with Crippen LogP contribution in [-0.4, -0.2) is 19.6 Å². The molecule has 0 saturated carbocycles. The highest BCUT2D eigenvalue weighted by Gasteiger charge is 2.07. The fourth-order valence-corrected chi connectivity index (χ4v) is 1.08. The molecule has 12 heavy (non-hydrogen) atoms. The summed E-state index contributed by atoms with van der Waals surface area (Å²) in [7, 11) is 0. The lowest BCUT2D eigenvalue weighted by atomic mass is 10.5. The zero-order valence-corrected chi connectivity index (χ0v) is 6.65. The summed E-state index contributed by atoms with van der Waals surface area (Å²) in [5.41, 5.74) is 6.39. The number of imidazole rings is 1. The molecule has 6 nitrogen and oxygen atoms in total. The standard InChI is InChI=1S/C5H5ClN6/c6-5-10-3(7)2-4(11-5)12(8)1-9-2/h1H,8H2,(H2,7,10,11). The van der Waals surface area contributed by atoms with Crippen molar-refractivity contribution in [2.24, 2.45) is 0 Å². The minimum atomic E-state index is 0.0622.